The summed E-state index contributed by atoms with van der Waals surface area (Å²) in [6.45, 7) is 1.75. The number of halogens is 1. The molecule has 15 heteroatoms. The number of hydrogen-bond donors (Lipinski definition) is 1. The number of tetrazole rings is 1. The highest BCUT2D eigenvalue weighted by molar-refractivity contribution is 7.50. The number of amides is 1. The molecule has 7 rings (SSSR count). The first-order valence-electron chi connectivity index (χ1n) is 10.2. The first-order valence-corrected chi connectivity index (χ1v) is 11.7. The zero-order chi connectivity index (χ0) is 23.7. The molecule has 0 saturated carbocycles. The quantitative estimate of drug-likeness (QED) is 0.507. The number of phosphoric ester groups is 1. The van der Waals surface area contributed by atoms with Crippen molar-refractivity contribution >= 4 is 19.6 Å². The van der Waals surface area contributed by atoms with Crippen LogP contribution in [0.25, 0.3) is 22.6 Å². The van der Waals surface area contributed by atoms with E-state index < -0.39 is 38.0 Å². The van der Waals surface area contributed by atoms with Crippen molar-refractivity contribution in [1.82, 2.24) is 25.2 Å². The summed E-state index contributed by atoms with van der Waals surface area (Å²) in [7, 11) is -3.95. The summed E-state index contributed by atoms with van der Waals surface area (Å²) < 4.78 is 47.7. The van der Waals surface area contributed by atoms with Crippen molar-refractivity contribution in [3.05, 3.63) is 42.3 Å². The SMILES string of the molecule is CCCn1nnc(-c2ccc(-c3ccc(N4C(=O)O[C@@]5(CO)OP6(=O)OC45O6)cc3F)cn2)n1. The number of aliphatic hydroxyl groups excluding tert-OH is 1. The third-order valence-corrected chi connectivity index (χ3v) is 7.00. The Morgan fingerprint density at radius 3 is 2.71 bits per heavy atom. The van der Waals surface area contributed by atoms with E-state index >= 15 is 4.39 Å². The molecule has 2 bridgehead atoms. The van der Waals surface area contributed by atoms with Gasteiger partial charge in [0.05, 0.1) is 12.2 Å². The van der Waals surface area contributed by atoms with Crippen LogP contribution in [0.15, 0.2) is 36.5 Å². The number of phosphoric acid groups is 1. The smallest absolute Gasteiger partial charge is 0.405 e. The second-order valence-corrected chi connectivity index (χ2v) is 9.16. The van der Waals surface area contributed by atoms with E-state index in [4.69, 9.17) is 18.3 Å². The number of aromatic nitrogens is 5. The lowest BCUT2D eigenvalue weighted by Gasteiger charge is -2.38. The molecule has 4 aliphatic rings. The third-order valence-electron chi connectivity index (χ3n) is 5.54. The Bertz CT molecular complexity index is 1360. The van der Waals surface area contributed by atoms with Crippen molar-refractivity contribution in [1.29, 1.82) is 0 Å². The van der Waals surface area contributed by atoms with Crippen LogP contribution in [0.1, 0.15) is 13.3 Å². The monoisotopic (exact) mass is 490 g/mol. The van der Waals surface area contributed by atoms with Gasteiger partial charge in [0.15, 0.2) is 0 Å². The fourth-order valence-corrected chi connectivity index (χ4v) is 5.71. The molecule has 176 valence electrons. The van der Waals surface area contributed by atoms with Crippen LogP contribution in [0.2, 0.25) is 0 Å². The summed E-state index contributed by atoms with van der Waals surface area (Å²) in [5, 5.41) is 21.8. The number of benzene rings is 1. The first-order chi connectivity index (χ1) is 16.3. The van der Waals surface area contributed by atoms with Crippen LogP contribution in [-0.2, 0) is 29.4 Å². The van der Waals surface area contributed by atoms with Crippen LogP contribution < -0.4 is 4.90 Å². The van der Waals surface area contributed by atoms with Crippen LogP contribution >= 0.6 is 7.82 Å². The Kier molecular flexibility index (Phi) is 4.44. The van der Waals surface area contributed by atoms with Gasteiger partial charge >= 0.3 is 25.6 Å². The van der Waals surface area contributed by atoms with Gasteiger partial charge in [0, 0.05) is 17.3 Å². The predicted molar refractivity (Wildman–Crippen MR) is 109 cm³/mol. The number of hydrogen-bond acceptors (Lipinski definition) is 11. The summed E-state index contributed by atoms with van der Waals surface area (Å²) in [4.78, 5) is 19.1. The maximum atomic E-state index is 15.1. The molecule has 4 fully saturated rings. The lowest BCUT2D eigenvalue weighted by Crippen LogP contribution is -2.61. The summed E-state index contributed by atoms with van der Waals surface area (Å²) in [6.07, 6.45) is 1.30. The molecular formula is C19H16FN6O7P. The van der Waals surface area contributed by atoms with Crippen molar-refractivity contribution in [2.24, 2.45) is 0 Å². The summed E-state index contributed by atoms with van der Waals surface area (Å²) in [6, 6.07) is 7.19. The standard InChI is InChI=1S/C19H16FN6O7P/c1-2-7-25-23-16(22-24-25)15-6-3-11(9-21-15)13-5-4-12(8-14(13)20)26-17(28)30-18(10-27)19(26)32-34(29,31-18)33-19/h3-6,8-9,27H,2,7,10H2,1H3/t18-,19?,34?/m0/s1. The number of aryl methyl sites for hydroxylation is 1. The first kappa shape index (κ1) is 21.3. The fraction of sp³-hybridized carbons (Fsp3) is 0.316. The molecule has 1 aromatic carbocycles. The molecule has 2 aromatic heterocycles. The van der Waals surface area contributed by atoms with Crippen LogP contribution in [-0.4, -0.2) is 54.7 Å². The molecule has 0 unspecified atom stereocenters. The van der Waals surface area contributed by atoms with E-state index in [1.807, 2.05) is 6.92 Å². The molecule has 1 atom stereocenters. The van der Waals surface area contributed by atoms with Gasteiger partial charge in [-0.2, -0.15) is 4.80 Å². The number of rotatable bonds is 6. The minimum Gasteiger partial charge on any atom is -0.405 e. The van der Waals surface area contributed by atoms with Gasteiger partial charge in [0.2, 0.25) is 5.82 Å². The maximum Gasteiger partial charge on any atom is 0.486 e. The molecule has 13 nitrogen and oxygen atoms in total. The molecule has 6 heterocycles. The topological polar surface area (TPSA) is 151 Å². The van der Waals surface area contributed by atoms with Gasteiger partial charge in [-0.25, -0.2) is 32.2 Å². The highest BCUT2D eigenvalue weighted by Crippen LogP contribution is 2.80. The summed E-state index contributed by atoms with van der Waals surface area (Å²) in [5.41, 5.74) is 1.13. The number of carbonyl (C=O) groups is 1. The largest absolute Gasteiger partial charge is 0.486 e. The second-order valence-electron chi connectivity index (χ2n) is 7.72. The minimum atomic E-state index is -3.95. The normalized spacial score (nSPS) is 29.1. The van der Waals surface area contributed by atoms with E-state index in [2.05, 4.69) is 20.4 Å². The van der Waals surface area contributed by atoms with E-state index in [1.165, 1.54) is 23.1 Å². The lowest BCUT2D eigenvalue weighted by molar-refractivity contribution is -0.259. The van der Waals surface area contributed by atoms with Gasteiger partial charge in [-0.15, -0.1) is 10.2 Å². The molecule has 3 aromatic rings. The van der Waals surface area contributed by atoms with Gasteiger partial charge < -0.3 is 9.84 Å². The fourth-order valence-electron chi connectivity index (χ4n) is 4.01. The van der Waals surface area contributed by atoms with E-state index in [-0.39, 0.29) is 11.3 Å². The molecule has 0 aliphatic carbocycles. The van der Waals surface area contributed by atoms with Gasteiger partial charge in [0.25, 0.3) is 0 Å². The number of nitrogens with zero attached hydrogens (tertiary/aromatic N) is 6. The van der Waals surface area contributed by atoms with Crippen molar-refractivity contribution in [2.45, 2.75) is 31.6 Å². The maximum absolute atomic E-state index is 15.1. The van der Waals surface area contributed by atoms with E-state index in [0.717, 1.165) is 17.4 Å². The lowest BCUT2D eigenvalue weighted by atomic mass is 10.1. The van der Waals surface area contributed by atoms with Crippen LogP contribution in [0.3, 0.4) is 0 Å². The average molecular weight is 490 g/mol. The summed E-state index contributed by atoms with van der Waals surface area (Å²) in [5.74, 6) is -4.56. The number of ether oxygens (including phenoxy) is 1. The number of carbonyl (C=O) groups excluding carboxylic acids is 1. The predicted octanol–water partition coefficient (Wildman–Crippen LogP) is 2.44. The van der Waals surface area contributed by atoms with E-state index in [1.54, 1.807) is 12.1 Å². The Hall–Kier alpha value is -3.29. The highest BCUT2D eigenvalue weighted by Gasteiger charge is 2.89. The molecule has 4 saturated heterocycles. The van der Waals surface area contributed by atoms with Gasteiger partial charge in [0.1, 0.15) is 18.1 Å². The average Bonchev–Trinajstić information content (AvgIpc) is 3.47. The van der Waals surface area contributed by atoms with Crippen molar-refractivity contribution in [3.63, 3.8) is 0 Å². The van der Waals surface area contributed by atoms with E-state index in [9.17, 15) is 14.5 Å². The van der Waals surface area contributed by atoms with Crippen LogP contribution in [0, 0.1) is 5.82 Å². The highest BCUT2D eigenvalue weighted by atomic mass is 31.2. The molecule has 4 aliphatic heterocycles. The number of anilines is 1. The zero-order valence-electron chi connectivity index (χ0n) is 17.5. The van der Waals surface area contributed by atoms with Crippen molar-refractivity contribution in [3.8, 4) is 22.6 Å². The number of pyridine rings is 1. The van der Waals surface area contributed by atoms with E-state index in [0.29, 0.717) is 23.6 Å². The molecule has 1 spiro atoms. The third kappa shape index (κ3) is 2.80. The Morgan fingerprint density at radius 1 is 1.21 bits per heavy atom. The van der Waals surface area contributed by atoms with Gasteiger partial charge in [-0.3, -0.25) is 4.98 Å². The Labute approximate surface area is 190 Å². The molecular weight excluding hydrogens is 474 g/mol. The summed E-state index contributed by atoms with van der Waals surface area (Å²) >= 11 is 0. The number of aliphatic hydroxyl groups is 1. The van der Waals surface area contributed by atoms with Gasteiger partial charge in [-0.05, 0) is 35.9 Å². The zero-order valence-corrected chi connectivity index (χ0v) is 18.4. The molecule has 1 N–H and O–H groups in total. The van der Waals surface area contributed by atoms with Crippen LogP contribution in [0.4, 0.5) is 14.9 Å². The Morgan fingerprint density at radius 2 is 2.03 bits per heavy atom. The van der Waals surface area contributed by atoms with Crippen molar-refractivity contribution in [2.75, 3.05) is 11.5 Å². The minimum absolute atomic E-state index is 0.0142. The van der Waals surface area contributed by atoms with Crippen LogP contribution in [0.5, 0.6) is 0 Å². The van der Waals surface area contributed by atoms with Crippen molar-refractivity contribution < 1.29 is 37.2 Å². The molecule has 34 heavy (non-hydrogen) atoms. The second kappa shape index (κ2) is 7.10. The molecule has 1 amide bonds. The molecule has 0 radical (unpaired) electrons. The van der Waals surface area contributed by atoms with Gasteiger partial charge in [-0.1, -0.05) is 13.0 Å². The Balaban J connectivity index is 1.29.